The van der Waals surface area contributed by atoms with E-state index in [1.165, 1.54) is 29.8 Å². The third-order valence-corrected chi connectivity index (χ3v) is 3.57. The minimum atomic E-state index is 0.805. The van der Waals surface area contributed by atoms with Crippen LogP contribution in [0.5, 0.6) is 0 Å². The molecule has 0 spiro atoms. The highest BCUT2D eigenvalue weighted by Gasteiger charge is 2.16. The van der Waals surface area contributed by atoms with Crippen molar-refractivity contribution in [2.45, 2.75) is 39.5 Å². The molecular weight excluding hydrogens is 198 g/mol. The first-order chi connectivity index (χ1) is 7.81. The van der Waals surface area contributed by atoms with Crippen LogP contribution in [0.25, 0.3) is 0 Å². The van der Waals surface area contributed by atoms with E-state index in [0.717, 1.165) is 31.8 Å². The Morgan fingerprint density at radius 2 is 1.94 bits per heavy atom. The predicted molar refractivity (Wildman–Crippen MR) is 65.4 cm³/mol. The lowest BCUT2D eigenvalue weighted by Gasteiger charge is -2.22. The van der Waals surface area contributed by atoms with Gasteiger partial charge in [0.25, 0.3) is 0 Å². The molecule has 88 valence electrons. The van der Waals surface area contributed by atoms with Gasteiger partial charge in [-0.2, -0.15) is 0 Å². The molecule has 0 unspecified atom stereocenters. The number of aryl methyl sites for hydroxylation is 1. The van der Waals surface area contributed by atoms with E-state index in [-0.39, 0.29) is 0 Å². The summed E-state index contributed by atoms with van der Waals surface area (Å²) in [6.45, 7) is 6.64. The summed E-state index contributed by atoms with van der Waals surface area (Å²) in [5.74, 6) is 0.805. The summed E-state index contributed by atoms with van der Waals surface area (Å²) in [5.41, 5.74) is 3.78. The molecule has 0 radical (unpaired) electrons. The second-order valence-electron chi connectivity index (χ2n) is 4.64. The molecule has 2 heterocycles. The van der Waals surface area contributed by atoms with Crippen LogP contribution in [-0.4, -0.2) is 23.1 Å². The van der Waals surface area contributed by atoms with Gasteiger partial charge in [-0.05, 0) is 57.2 Å². The van der Waals surface area contributed by atoms with Gasteiger partial charge in [-0.15, -0.1) is 0 Å². The van der Waals surface area contributed by atoms with Crippen molar-refractivity contribution in [2.24, 2.45) is 5.92 Å². The molecule has 0 bridgehead atoms. The monoisotopic (exact) mass is 219 g/mol. The van der Waals surface area contributed by atoms with Crippen molar-refractivity contribution < 1.29 is 0 Å². The van der Waals surface area contributed by atoms with Crippen LogP contribution in [0.1, 0.15) is 36.7 Å². The molecule has 0 atom stereocenters. The third-order valence-electron chi connectivity index (χ3n) is 3.57. The topological polar surface area (TPSA) is 37.8 Å². The molecule has 1 saturated heterocycles. The van der Waals surface area contributed by atoms with Gasteiger partial charge in [0.1, 0.15) is 6.33 Å². The van der Waals surface area contributed by atoms with Gasteiger partial charge in [-0.25, -0.2) is 9.97 Å². The van der Waals surface area contributed by atoms with Crippen LogP contribution in [-0.2, 0) is 12.8 Å². The fourth-order valence-corrected chi connectivity index (χ4v) is 2.45. The normalized spacial score (nSPS) is 17.6. The van der Waals surface area contributed by atoms with E-state index in [2.05, 4.69) is 29.1 Å². The van der Waals surface area contributed by atoms with Crippen LogP contribution in [0.3, 0.4) is 0 Å². The second kappa shape index (κ2) is 5.39. The summed E-state index contributed by atoms with van der Waals surface area (Å²) < 4.78 is 0. The maximum Gasteiger partial charge on any atom is 0.115 e. The van der Waals surface area contributed by atoms with E-state index in [9.17, 15) is 0 Å². The number of aromatic nitrogens is 2. The first-order valence-corrected chi connectivity index (χ1v) is 6.31. The largest absolute Gasteiger partial charge is 0.317 e. The highest BCUT2D eigenvalue weighted by atomic mass is 14.9. The molecule has 0 saturated carbocycles. The summed E-state index contributed by atoms with van der Waals surface area (Å²) in [6.07, 6.45) is 6.43. The summed E-state index contributed by atoms with van der Waals surface area (Å²) in [7, 11) is 0. The zero-order chi connectivity index (χ0) is 11.4. The molecule has 0 amide bonds. The van der Waals surface area contributed by atoms with Crippen LogP contribution in [0, 0.1) is 12.8 Å². The average molecular weight is 219 g/mol. The van der Waals surface area contributed by atoms with E-state index in [1.54, 1.807) is 6.33 Å². The van der Waals surface area contributed by atoms with Gasteiger partial charge >= 0.3 is 0 Å². The van der Waals surface area contributed by atoms with Gasteiger partial charge in [0, 0.05) is 11.4 Å². The van der Waals surface area contributed by atoms with Gasteiger partial charge in [-0.1, -0.05) is 6.92 Å². The summed E-state index contributed by atoms with van der Waals surface area (Å²) in [6, 6.07) is 0. The molecule has 16 heavy (non-hydrogen) atoms. The van der Waals surface area contributed by atoms with Crippen LogP contribution in [0.15, 0.2) is 6.33 Å². The third kappa shape index (κ3) is 2.59. The predicted octanol–water partition coefficient (Wildman–Crippen LogP) is 1.89. The molecule has 3 nitrogen and oxygen atoms in total. The lowest BCUT2D eigenvalue weighted by atomic mass is 9.91. The molecule has 0 aliphatic carbocycles. The molecule has 0 aromatic carbocycles. The molecule has 2 rings (SSSR count). The van der Waals surface area contributed by atoms with Gasteiger partial charge in [0.05, 0.1) is 0 Å². The number of rotatable bonds is 3. The average Bonchev–Trinajstić information content (AvgIpc) is 2.33. The Morgan fingerprint density at radius 1 is 1.25 bits per heavy atom. The number of nitrogens with one attached hydrogen (secondary N) is 1. The Labute approximate surface area is 97.7 Å². The first-order valence-electron chi connectivity index (χ1n) is 6.31. The number of nitrogens with zero attached hydrogens (tertiary/aromatic N) is 2. The Kier molecular flexibility index (Phi) is 3.88. The van der Waals surface area contributed by atoms with E-state index < -0.39 is 0 Å². The first kappa shape index (κ1) is 11.5. The number of hydrogen-bond acceptors (Lipinski definition) is 3. The highest BCUT2D eigenvalue weighted by Crippen LogP contribution is 2.19. The highest BCUT2D eigenvalue weighted by molar-refractivity contribution is 5.23. The molecule has 3 heteroatoms. The number of hydrogen-bond donors (Lipinski definition) is 1. The molecule has 1 N–H and O–H groups in total. The van der Waals surface area contributed by atoms with Gasteiger partial charge in [-0.3, -0.25) is 0 Å². The van der Waals surface area contributed by atoms with E-state index >= 15 is 0 Å². The van der Waals surface area contributed by atoms with Crippen LogP contribution >= 0.6 is 0 Å². The SMILES string of the molecule is CCc1ncnc(CC2CCNCC2)c1C. The fourth-order valence-electron chi connectivity index (χ4n) is 2.45. The van der Waals surface area contributed by atoms with Crippen LogP contribution < -0.4 is 5.32 Å². The van der Waals surface area contributed by atoms with E-state index in [1.807, 2.05) is 0 Å². The molecule has 1 aromatic heterocycles. The maximum atomic E-state index is 4.45. The Hall–Kier alpha value is -0.960. The van der Waals surface area contributed by atoms with Crippen LogP contribution in [0.4, 0.5) is 0 Å². The standard InChI is InChI=1S/C13H21N3/c1-3-12-10(2)13(16-9-15-12)8-11-4-6-14-7-5-11/h9,11,14H,3-8H2,1-2H3. The minimum Gasteiger partial charge on any atom is -0.317 e. The van der Waals surface area contributed by atoms with E-state index in [0.29, 0.717) is 0 Å². The van der Waals surface area contributed by atoms with Gasteiger partial charge in [0.2, 0.25) is 0 Å². The van der Waals surface area contributed by atoms with Crippen molar-refractivity contribution in [1.29, 1.82) is 0 Å². The zero-order valence-electron chi connectivity index (χ0n) is 10.3. The van der Waals surface area contributed by atoms with Crippen LogP contribution in [0.2, 0.25) is 0 Å². The van der Waals surface area contributed by atoms with Crippen molar-refractivity contribution in [2.75, 3.05) is 13.1 Å². The summed E-state index contributed by atoms with van der Waals surface area (Å²) in [5, 5.41) is 3.40. The quantitative estimate of drug-likeness (QED) is 0.843. The molecule has 1 aliphatic heterocycles. The smallest absolute Gasteiger partial charge is 0.115 e. The Balaban J connectivity index is 2.08. The zero-order valence-corrected chi connectivity index (χ0v) is 10.3. The summed E-state index contributed by atoms with van der Waals surface area (Å²) in [4.78, 5) is 8.78. The van der Waals surface area contributed by atoms with Crippen molar-refractivity contribution in [3.63, 3.8) is 0 Å². The molecule has 1 aliphatic rings. The lowest BCUT2D eigenvalue weighted by Crippen LogP contribution is -2.29. The second-order valence-corrected chi connectivity index (χ2v) is 4.64. The van der Waals surface area contributed by atoms with Gasteiger partial charge < -0.3 is 5.32 Å². The van der Waals surface area contributed by atoms with Crippen molar-refractivity contribution in [1.82, 2.24) is 15.3 Å². The Morgan fingerprint density at radius 3 is 2.62 bits per heavy atom. The molecule has 1 fully saturated rings. The van der Waals surface area contributed by atoms with Crippen molar-refractivity contribution in [3.8, 4) is 0 Å². The Bertz CT molecular complexity index is 343. The van der Waals surface area contributed by atoms with Crippen molar-refractivity contribution in [3.05, 3.63) is 23.3 Å². The van der Waals surface area contributed by atoms with Crippen molar-refractivity contribution >= 4 is 0 Å². The minimum absolute atomic E-state index is 0.805. The summed E-state index contributed by atoms with van der Waals surface area (Å²) >= 11 is 0. The maximum absolute atomic E-state index is 4.45. The molecule has 1 aromatic rings. The fraction of sp³-hybridized carbons (Fsp3) is 0.692. The molecular formula is C13H21N3. The van der Waals surface area contributed by atoms with E-state index in [4.69, 9.17) is 0 Å². The number of piperidine rings is 1. The van der Waals surface area contributed by atoms with Gasteiger partial charge in [0.15, 0.2) is 0 Å². The lowest BCUT2D eigenvalue weighted by molar-refractivity contribution is 0.369.